The third-order valence-corrected chi connectivity index (χ3v) is 2.99. The molecule has 19 heavy (non-hydrogen) atoms. The number of hydrogen-bond donors (Lipinski definition) is 0. The normalized spacial score (nSPS) is 10.2. The van der Waals surface area contributed by atoms with E-state index in [1.165, 1.54) is 18.2 Å². The predicted octanol–water partition coefficient (Wildman–Crippen LogP) is 3.33. The highest BCUT2D eigenvalue weighted by Crippen LogP contribution is 2.16. The van der Waals surface area contributed by atoms with Gasteiger partial charge >= 0.3 is 0 Å². The molecule has 0 atom stereocenters. The molecule has 0 aliphatic heterocycles. The Kier molecular flexibility index (Phi) is 3.71. The zero-order chi connectivity index (χ0) is 13.8. The van der Waals surface area contributed by atoms with Gasteiger partial charge in [0.1, 0.15) is 0 Å². The summed E-state index contributed by atoms with van der Waals surface area (Å²) in [6.45, 7) is 1.94. The number of Topliss-reactive ketones (excluding diaryl/α,β-unsaturated/α-hetero) is 1. The summed E-state index contributed by atoms with van der Waals surface area (Å²) in [5, 5.41) is 10.7. The fraction of sp³-hybridized carbons (Fsp3) is 0.133. The number of nitro groups is 1. The van der Waals surface area contributed by atoms with Crippen molar-refractivity contribution in [1.29, 1.82) is 0 Å². The van der Waals surface area contributed by atoms with E-state index in [0.717, 1.165) is 11.1 Å². The van der Waals surface area contributed by atoms with Crippen molar-refractivity contribution in [3.05, 3.63) is 75.3 Å². The van der Waals surface area contributed by atoms with Gasteiger partial charge in [0.05, 0.1) is 4.92 Å². The molecule has 0 aliphatic carbocycles. The zero-order valence-electron chi connectivity index (χ0n) is 10.5. The molecule has 0 heterocycles. The molecular weight excluding hydrogens is 242 g/mol. The SMILES string of the molecule is Cc1ccccc1CC(=O)c1cccc([N+](=O)[O-])c1. The molecule has 0 aromatic heterocycles. The molecule has 4 heteroatoms. The summed E-state index contributed by atoms with van der Waals surface area (Å²) in [4.78, 5) is 22.3. The van der Waals surface area contributed by atoms with Gasteiger partial charge in [-0.05, 0) is 18.1 Å². The molecule has 0 spiro atoms. The highest BCUT2D eigenvalue weighted by Gasteiger charge is 2.12. The van der Waals surface area contributed by atoms with Gasteiger partial charge in [0, 0.05) is 24.1 Å². The maximum atomic E-state index is 12.1. The second kappa shape index (κ2) is 5.44. The van der Waals surface area contributed by atoms with E-state index in [-0.39, 0.29) is 17.9 Å². The summed E-state index contributed by atoms with van der Waals surface area (Å²) in [5.41, 5.74) is 2.30. The lowest BCUT2D eigenvalue weighted by Crippen LogP contribution is -2.05. The molecule has 96 valence electrons. The van der Waals surface area contributed by atoms with Crippen molar-refractivity contribution in [2.45, 2.75) is 13.3 Å². The largest absolute Gasteiger partial charge is 0.294 e. The fourth-order valence-corrected chi connectivity index (χ4v) is 1.88. The van der Waals surface area contributed by atoms with Crippen LogP contribution >= 0.6 is 0 Å². The van der Waals surface area contributed by atoms with E-state index in [2.05, 4.69) is 0 Å². The number of carbonyl (C=O) groups excluding carboxylic acids is 1. The molecule has 0 radical (unpaired) electrons. The van der Waals surface area contributed by atoms with Gasteiger partial charge in [0.15, 0.2) is 5.78 Å². The first kappa shape index (κ1) is 13.0. The Balaban J connectivity index is 2.23. The summed E-state index contributed by atoms with van der Waals surface area (Å²) >= 11 is 0. The van der Waals surface area contributed by atoms with Gasteiger partial charge in [-0.25, -0.2) is 0 Å². The summed E-state index contributed by atoms with van der Waals surface area (Å²) in [6, 6.07) is 13.5. The zero-order valence-corrected chi connectivity index (χ0v) is 10.5. The minimum Gasteiger partial charge on any atom is -0.294 e. The maximum Gasteiger partial charge on any atom is 0.270 e. The lowest BCUT2D eigenvalue weighted by molar-refractivity contribution is -0.384. The van der Waals surface area contributed by atoms with Crippen molar-refractivity contribution in [1.82, 2.24) is 0 Å². The Morgan fingerprint density at radius 2 is 1.89 bits per heavy atom. The first-order chi connectivity index (χ1) is 9.08. The van der Waals surface area contributed by atoms with E-state index in [0.29, 0.717) is 5.56 Å². The number of nitrogens with zero attached hydrogens (tertiary/aromatic N) is 1. The molecule has 0 saturated carbocycles. The first-order valence-electron chi connectivity index (χ1n) is 5.90. The van der Waals surface area contributed by atoms with Crippen LogP contribution in [-0.2, 0) is 6.42 Å². The number of nitro benzene ring substituents is 1. The summed E-state index contributed by atoms with van der Waals surface area (Å²) in [5.74, 6) is -0.113. The average Bonchev–Trinajstić information content (AvgIpc) is 2.41. The van der Waals surface area contributed by atoms with Gasteiger partial charge in [0.25, 0.3) is 5.69 Å². The predicted molar refractivity (Wildman–Crippen MR) is 72.3 cm³/mol. The fourth-order valence-electron chi connectivity index (χ4n) is 1.88. The Morgan fingerprint density at radius 3 is 2.58 bits per heavy atom. The van der Waals surface area contributed by atoms with Gasteiger partial charge in [-0.2, -0.15) is 0 Å². The summed E-state index contributed by atoms with van der Waals surface area (Å²) in [6.07, 6.45) is 0.258. The molecule has 2 rings (SSSR count). The van der Waals surface area contributed by atoms with Gasteiger partial charge in [0.2, 0.25) is 0 Å². The minimum absolute atomic E-state index is 0.0596. The van der Waals surface area contributed by atoms with Crippen LogP contribution in [0.4, 0.5) is 5.69 Å². The van der Waals surface area contributed by atoms with Gasteiger partial charge in [-0.1, -0.05) is 36.4 Å². The summed E-state index contributed by atoms with van der Waals surface area (Å²) in [7, 11) is 0. The Hall–Kier alpha value is -2.49. The highest BCUT2D eigenvalue weighted by atomic mass is 16.6. The van der Waals surface area contributed by atoms with Crippen LogP contribution in [0, 0.1) is 17.0 Å². The molecule has 0 amide bonds. The topological polar surface area (TPSA) is 60.2 Å². The molecule has 0 aliphatic rings. The Labute approximate surface area is 110 Å². The molecule has 0 saturated heterocycles. The lowest BCUT2D eigenvalue weighted by atomic mass is 9.99. The van der Waals surface area contributed by atoms with E-state index in [1.807, 2.05) is 31.2 Å². The second-order valence-corrected chi connectivity index (χ2v) is 4.33. The van der Waals surface area contributed by atoms with Gasteiger partial charge in [-0.3, -0.25) is 14.9 Å². The average molecular weight is 255 g/mol. The van der Waals surface area contributed by atoms with Crippen LogP contribution in [0.2, 0.25) is 0 Å². The third-order valence-electron chi connectivity index (χ3n) is 2.99. The monoisotopic (exact) mass is 255 g/mol. The second-order valence-electron chi connectivity index (χ2n) is 4.33. The number of ketones is 1. The number of hydrogen-bond acceptors (Lipinski definition) is 3. The van der Waals surface area contributed by atoms with E-state index in [9.17, 15) is 14.9 Å². The van der Waals surface area contributed by atoms with Crippen molar-refractivity contribution in [3.8, 4) is 0 Å². The van der Waals surface area contributed by atoms with E-state index in [4.69, 9.17) is 0 Å². The highest BCUT2D eigenvalue weighted by molar-refractivity contribution is 5.98. The van der Waals surface area contributed by atoms with Crippen molar-refractivity contribution >= 4 is 11.5 Å². The first-order valence-corrected chi connectivity index (χ1v) is 5.90. The van der Waals surface area contributed by atoms with Crippen LogP contribution in [-0.4, -0.2) is 10.7 Å². The summed E-state index contributed by atoms with van der Waals surface area (Å²) < 4.78 is 0. The van der Waals surface area contributed by atoms with Crippen LogP contribution in [0.3, 0.4) is 0 Å². The van der Waals surface area contributed by atoms with Gasteiger partial charge < -0.3 is 0 Å². The standard InChI is InChI=1S/C15H13NO3/c1-11-5-2-3-6-12(11)10-15(17)13-7-4-8-14(9-13)16(18)19/h2-9H,10H2,1H3. The smallest absolute Gasteiger partial charge is 0.270 e. The van der Waals surface area contributed by atoms with E-state index in [1.54, 1.807) is 6.07 Å². The molecule has 0 unspecified atom stereocenters. The van der Waals surface area contributed by atoms with Crippen molar-refractivity contribution in [2.24, 2.45) is 0 Å². The quantitative estimate of drug-likeness (QED) is 0.478. The molecule has 2 aromatic rings. The number of benzene rings is 2. The maximum absolute atomic E-state index is 12.1. The van der Waals surface area contributed by atoms with E-state index < -0.39 is 4.92 Å². The Bertz CT molecular complexity index is 635. The molecule has 4 nitrogen and oxygen atoms in total. The van der Waals surface area contributed by atoms with Crippen LogP contribution in [0.1, 0.15) is 21.5 Å². The van der Waals surface area contributed by atoms with Crippen molar-refractivity contribution < 1.29 is 9.72 Å². The molecule has 0 N–H and O–H groups in total. The third kappa shape index (κ3) is 3.04. The molecule has 0 bridgehead atoms. The molecular formula is C15H13NO3. The Morgan fingerprint density at radius 1 is 1.16 bits per heavy atom. The lowest BCUT2D eigenvalue weighted by Gasteiger charge is -2.04. The number of non-ortho nitro benzene ring substituents is 1. The minimum atomic E-state index is -0.495. The van der Waals surface area contributed by atoms with E-state index >= 15 is 0 Å². The number of aryl methyl sites for hydroxylation is 1. The van der Waals surface area contributed by atoms with Gasteiger partial charge in [-0.15, -0.1) is 0 Å². The van der Waals surface area contributed by atoms with Crippen LogP contribution < -0.4 is 0 Å². The van der Waals surface area contributed by atoms with Crippen molar-refractivity contribution in [2.75, 3.05) is 0 Å². The van der Waals surface area contributed by atoms with Crippen LogP contribution in [0.25, 0.3) is 0 Å². The molecule has 0 fully saturated rings. The van der Waals surface area contributed by atoms with Crippen molar-refractivity contribution in [3.63, 3.8) is 0 Å². The number of carbonyl (C=O) groups is 1. The number of rotatable bonds is 4. The molecule has 2 aromatic carbocycles. The van der Waals surface area contributed by atoms with Crippen LogP contribution in [0.15, 0.2) is 48.5 Å². The van der Waals surface area contributed by atoms with Crippen LogP contribution in [0.5, 0.6) is 0 Å².